The molecule has 0 amide bonds. The first-order valence-corrected chi connectivity index (χ1v) is 4.89. The summed E-state index contributed by atoms with van der Waals surface area (Å²) in [6.45, 7) is 4.21. The number of hydrogen-bond acceptors (Lipinski definition) is 3. The molecule has 12 heavy (non-hydrogen) atoms. The number of rotatable bonds is 3. The molecule has 1 fully saturated rings. The Kier molecular flexibility index (Phi) is 1.95. The van der Waals surface area contributed by atoms with E-state index in [4.69, 9.17) is 5.73 Å². The van der Waals surface area contributed by atoms with Crippen molar-refractivity contribution < 1.29 is 0 Å². The fourth-order valence-electron chi connectivity index (χ4n) is 1.95. The highest BCUT2D eigenvalue weighted by molar-refractivity contribution is 5.80. The molecule has 1 aliphatic heterocycles. The molecule has 1 heterocycles. The summed E-state index contributed by atoms with van der Waals surface area (Å²) in [6, 6.07) is 0.643. The van der Waals surface area contributed by atoms with Crippen molar-refractivity contribution in [3.8, 4) is 0 Å². The van der Waals surface area contributed by atoms with E-state index in [9.17, 15) is 0 Å². The molecule has 0 bridgehead atoms. The Morgan fingerprint density at radius 3 is 2.92 bits per heavy atom. The van der Waals surface area contributed by atoms with Crippen molar-refractivity contribution in [3.05, 3.63) is 0 Å². The van der Waals surface area contributed by atoms with Crippen molar-refractivity contribution in [2.24, 2.45) is 16.6 Å². The molecule has 68 valence electrons. The molecule has 0 radical (unpaired) electrons. The van der Waals surface area contributed by atoms with E-state index in [0.29, 0.717) is 6.04 Å². The zero-order chi connectivity index (χ0) is 8.55. The molecule has 3 heteroatoms. The van der Waals surface area contributed by atoms with Crippen LogP contribution < -0.4 is 5.73 Å². The van der Waals surface area contributed by atoms with Crippen LogP contribution >= 0.6 is 0 Å². The highest BCUT2D eigenvalue weighted by Gasteiger charge is 2.38. The molecule has 1 unspecified atom stereocenters. The van der Waals surface area contributed by atoms with Crippen molar-refractivity contribution in [2.75, 3.05) is 13.1 Å². The molecule has 2 rings (SSSR count). The van der Waals surface area contributed by atoms with E-state index in [1.807, 2.05) is 0 Å². The van der Waals surface area contributed by atoms with Gasteiger partial charge < -0.3 is 10.6 Å². The average molecular weight is 167 g/mol. The molecule has 1 atom stereocenters. The normalized spacial score (nSPS) is 29.2. The van der Waals surface area contributed by atoms with Gasteiger partial charge in [-0.05, 0) is 25.2 Å². The van der Waals surface area contributed by atoms with Gasteiger partial charge >= 0.3 is 0 Å². The van der Waals surface area contributed by atoms with E-state index >= 15 is 0 Å². The lowest BCUT2D eigenvalue weighted by atomic mass is 10.1. The van der Waals surface area contributed by atoms with Crippen molar-refractivity contribution in [3.63, 3.8) is 0 Å². The molecule has 0 aromatic rings. The van der Waals surface area contributed by atoms with Gasteiger partial charge in [0.25, 0.3) is 0 Å². The summed E-state index contributed by atoms with van der Waals surface area (Å²) < 4.78 is 0. The predicted molar refractivity (Wildman–Crippen MR) is 50.0 cm³/mol. The third-order valence-corrected chi connectivity index (χ3v) is 2.77. The van der Waals surface area contributed by atoms with Crippen LogP contribution in [0.3, 0.4) is 0 Å². The SMILES string of the molecule is CCCN1C(N)=NCC1C1CC1. The van der Waals surface area contributed by atoms with Gasteiger partial charge in [0.2, 0.25) is 0 Å². The van der Waals surface area contributed by atoms with E-state index < -0.39 is 0 Å². The molecule has 2 aliphatic rings. The Balaban J connectivity index is 1.97. The van der Waals surface area contributed by atoms with Crippen LogP contribution in [0.4, 0.5) is 0 Å². The minimum atomic E-state index is 0.643. The summed E-state index contributed by atoms with van der Waals surface area (Å²) >= 11 is 0. The zero-order valence-electron chi connectivity index (χ0n) is 7.66. The maximum atomic E-state index is 5.80. The molecular weight excluding hydrogens is 150 g/mol. The molecule has 1 saturated carbocycles. The molecule has 3 nitrogen and oxygen atoms in total. The van der Waals surface area contributed by atoms with Gasteiger partial charge in [-0.25, -0.2) is 0 Å². The van der Waals surface area contributed by atoms with Crippen LogP contribution in [0.25, 0.3) is 0 Å². The molecular formula is C9H17N3. The quantitative estimate of drug-likeness (QED) is 0.675. The average Bonchev–Trinajstić information content (AvgIpc) is 2.82. The van der Waals surface area contributed by atoms with Crippen LogP contribution in [-0.4, -0.2) is 30.0 Å². The summed E-state index contributed by atoms with van der Waals surface area (Å²) in [5, 5.41) is 0. The monoisotopic (exact) mass is 167 g/mol. The minimum absolute atomic E-state index is 0.643. The maximum Gasteiger partial charge on any atom is 0.191 e. The Hall–Kier alpha value is -0.730. The Bertz CT molecular complexity index is 196. The first-order chi connectivity index (χ1) is 5.83. The lowest BCUT2D eigenvalue weighted by Gasteiger charge is -2.25. The number of nitrogens with two attached hydrogens (primary N) is 1. The van der Waals surface area contributed by atoms with Crippen molar-refractivity contribution in [1.29, 1.82) is 0 Å². The topological polar surface area (TPSA) is 41.6 Å². The van der Waals surface area contributed by atoms with Crippen LogP contribution in [0.1, 0.15) is 26.2 Å². The first-order valence-electron chi connectivity index (χ1n) is 4.89. The van der Waals surface area contributed by atoms with Crippen LogP contribution in [0, 0.1) is 5.92 Å². The molecule has 0 saturated heterocycles. The molecule has 0 aromatic heterocycles. The Labute approximate surface area is 73.6 Å². The second-order valence-electron chi connectivity index (χ2n) is 3.80. The van der Waals surface area contributed by atoms with Gasteiger partial charge in [0.1, 0.15) is 0 Å². The van der Waals surface area contributed by atoms with Gasteiger partial charge in [0.05, 0.1) is 12.6 Å². The number of aliphatic imine (C=N–C) groups is 1. The van der Waals surface area contributed by atoms with E-state index in [2.05, 4.69) is 16.8 Å². The molecule has 0 spiro atoms. The fraction of sp³-hybridized carbons (Fsp3) is 0.889. The predicted octanol–water partition coefficient (Wildman–Crippen LogP) is 0.805. The summed E-state index contributed by atoms with van der Waals surface area (Å²) in [5.74, 6) is 1.66. The van der Waals surface area contributed by atoms with Crippen molar-refractivity contribution >= 4 is 5.96 Å². The summed E-state index contributed by atoms with van der Waals surface area (Å²) in [7, 11) is 0. The van der Waals surface area contributed by atoms with Gasteiger partial charge in [-0.3, -0.25) is 4.99 Å². The summed E-state index contributed by atoms with van der Waals surface area (Å²) in [6.07, 6.45) is 3.93. The Morgan fingerprint density at radius 2 is 2.33 bits per heavy atom. The van der Waals surface area contributed by atoms with Gasteiger partial charge in [-0.15, -0.1) is 0 Å². The van der Waals surface area contributed by atoms with Gasteiger partial charge in [-0.1, -0.05) is 6.92 Å². The second-order valence-corrected chi connectivity index (χ2v) is 3.80. The lowest BCUT2D eigenvalue weighted by molar-refractivity contribution is 0.310. The van der Waals surface area contributed by atoms with E-state index in [1.165, 1.54) is 19.3 Å². The standard InChI is InChI=1S/C9H17N3/c1-2-5-12-8(7-3-4-7)6-11-9(12)10/h7-8H,2-6H2,1H3,(H2,10,11). The molecule has 0 aromatic carbocycles. The summed E-state index contributed by atoms with van der Waals surface area (Å²) in [5.41, 5.74) is 5.80. The van der Waals surface area contributed by atoms with E-state index in [1.54, 1.807) is 0 Å². The summed E-state index contributed by atoms with van der Waals surface area (Å²) in [4.78, 5) is 6.59. The third kappa shape index (κ3) is 1.28. The third-order valence-electron chi connectivity index (χ3n) is 2.77. The van der Waals surface area contributed by atoms with Crippen molar-refractivity contribution in [2.45, 2.75) is 32.2 Å². The smallest absolute Gasteiger partial charge is 0.191 e. The van der Waals surface area contributed by atoms with Gasteiger partial charge in [-0.2, -0.15) is 0 Å². The Morgan fingerprint density at radius 1 is 1.58 bits per heavy atom. The van der Waals surface area contributed by atoms with Crippen LogP contribution in [0.5, 0.6) is 0 Å². The first kappa shape index (κ1) is 7.90. The second kappa shape index (κ2) is 2.96. The number of guanidine groups is 1. The molecule has 2 N–H and O–H groups in total. The highest BCUT2D eigenvalue weighted by Crippen LogP contribution is 2.36. The maximum absolute atomic E-state index is 5.80. The minimum Gasteiger partial charge on any atom is -0.370 e. The van der Waals surface area contributed by atoms with Crippen LogP contribution in [0.15, 0.2) is 4.99 Å². The lowest BCUT2D eigenvalue weighted by Crippen LogP contribution is -2.42. The van der Waals surface area contributed by atoms with Crippen molar-refractivity contribution in [1.82, 2.24) is 4.90 Å². The van der Waals surface area contributed by atoms with E-state index in [-0.39, 0.29) is 0 Å². The zero-order valence-corrected chi connectivity index (χ0v) is 7.66. The number of nitrogens with zero attached hydrogens (tertiary/aromatic N) is 2. The number of hydrogen-bond donors (Lipinski definition) is 1. The van der Waals surface area contributed by atoms with E-state index in [0.717, 1.165) is 25.0 Å². The van der Waals surface area contributed by atoms with Gasteiger partial charge in [0, 0.05) is 6.54 Å². The fourth-order valence-corrected chi connectivity index (χ4v) is 1.95. The van der Waals surface area contributed by atoms with Crippen LogP contribution in [0.2, 0.25) is 0 Å². The molecule has 1 aliphatic carbocycles. The van der Waals surface area contributed by atoms with Crippen LogP contribution in [-0.2, 0) is 0 Å². The highest BCUT2D eigenvalue weighted by atomic mass is 15.3. The largest absolute Gasteiger partial charge is 0.370 e. The van der Waals surface area contributed by atoms with Gasteiger partial charge in [0.15, 0.2) is 5.96 Å².